The van der Waals surface area contributed by atoms with E-state index in [2.05, 4.69) is 26.5 Å². The van der Waals surface area contributed by atoms with E-state index in [9.17, 15) is 0 Å². The van der Waals surface area contributed by atoms with E-state index in [1.54, 1.807) is 6.20 Å². The number of pyridine rings is 1. The number of aromatic nitrogens is 3. The van der Waals surface area contributed by atoms with Crippen molar-refractivity contribution in [1.82, 2.24) is 19.4 Å². The molecule has 1 saturated heterocycles. The van der Waals surface area contributed by atoms with Crippen LogP contribution in [0.2, 0.25) is 5.02 Å². The minimum absolute atomic E-state index is 0.633. The highest BCUT2D eigenvalue weighted by Gasteiger charge is 2.19. The van der Waals surface area contributed by atoms with Crippen LogP contribution in [-0.2, 0) is 6.54 Å². The van der Waals surface area contributed by atoms with Crippen molar-refractivity contribution in [1.29, 1.82) is 0 Å². The van der Waals surface area contributed by atoms with Gasteiger partial charge in [-0.25, -0.2) is 4.98 Å². The number of hydrogen-bond donors (Lipinski definition) is 1. The highest BCUT2D eigenvalue weighted by molar-refractivity contribution is 7.71. The lowest BCUT2D eigenvalue weighted by Crippen LogP contribution is -2.34. The van der Waals surface area contributed by atoms with Crippen molar-refractivity contribution < 1.29 is 0 Å². The maximum Gasteiger partial charge on any atom is 0.179 e. The number of nitrogens with one attached hydrogen (secondary N) is 1. The summed E-state index contributed by atoms with van der Waals surface area (Å²) in [6.07, 6.45) is 4.19. The predicted octanol–water partition coefficient (Wildman–Crippen LogP) is 3.09. The molecule has 3 rings (SSSR count). The standard InChI is InChI=1S/C13H17ClN4S/c1-17-4-2-3-9(7-17)8-18-12-11(16-13(18)19)5-10(14)6-15-12/h5-6,9H,2-4,7-8H2,1H3,(H,16,19). The Bertz CT molecular complexity index is 648. The van der Waals surface area contributed by atoms with Gasteiger partial charge in [0.15, 0.2) is 10.4 Å². The molecule has 19 heavy (non-hydrogen) atoms. The Kier molecular flexibility index (Phi) is 3.60. The normalized spacial score (nSPS) is 21.1. The molecule has 1 N–H and O–H groups in total. The third-order valence-corrected chi connectivity index (χ3v) is 4.27. The summed E-state index contributed by atoms with van der Waals surface area (Å²) in [6, 6.07) is 1.88. The molecule has 0 bridgehead atoms. The first kappa shape index (κ1) is 13.1. The maximum atomic E-state index is 5.96. The third-order valence-electron chi connectivity index (χ3n) is 3.74. The van der Waals surface area contributed by atoms with E-state index < -0.39 is 0 Å². The Morgan fingerprint density at radius 1 is 1.58 bits per heavy atom. The van der Waals surface area contributed by atoms with Crippen LogP contribution >= 0.6 is 23.8 Å². The van der Waals surface area contributed by atoms with Gasteiger partial charge in [0, 0.05) is 19.3 Å². The Morgan fingerprint density at radius 3 is 3.21 bits per heavy atom. The molecular weight excluding hydrogens is 280 g/mol. The molecule has 3 heterocycles. The molecule has 2 aromatic rings. The lowest BCUT2D eigenvalue weighted by molar-refractivity contribution is 0.195. The molecule has 1 atom stereocenters. The van der Waals surface area contributed by atoms with E-state index in [-0.39, 0.29) is 0 Å². The van der Waals surface area contributed by atoms with E-state index in [1.807, 2.05) is 6.07 Å². The molecule has 0 radical (unpaired) electrons. The molecule has 6 heteroatoms. The van der Waals surface area contributed by atoms with Crippen LogP contribution in [0.15, 0.2) is 12.3 Å². The average molecular weight is 297 g/mol. The first-order valence-corrected chi connectivity index (χ1v) is 7.35. The fraction of sp³-hybridized carbons (Fsp3) is 0.538. The van der Waals surface area contributed by atoms with Crippen LogP contribution in [0.1, 0.15) is 12.8 Å². The van der Waals surface area contributed by atoms with Crippen LogP contribution in [-0.4, -0.2) is 39.6 Å². The molecule has 4 nitrogen and oxygen atoms in total. The minimum Gasteiger partial charge on any atom is -0.329 e. The lowest BCUT2D eigenvalue weighted by atomic mass is 9.98. The van der Waals surface area contributed by atoms with Gasteiger partial charge < -0.3 is 14.5 Å². The van der Waals surface area contributed by atoms with Gasteiger partial charge in [0.1, 0.15) is 0 Å². The summed E-state index contributed by atoms with van der Waals surface area (Å²) in [5, 5.41) is 0.633. The zero-order valence-corrected chi connectivity index (χ0v) is 12.5. The zero-order chi connectivity index (χ0) is 13.4. The Hall–Kier alpha value is -0.910. The Balaban J connectivity index is 1.92. The van der Waals surface area contributed by atoms with Gasteiger partial charge in [0.25, 0.3) is 0 Å². The fourth-order valence-corrected chi connectivity index (χ4v) is 3.30. The molecule has 1 aliphatic heterocycles. The van der Waals surface area contributed by atoms with Crippen LogP contribution in [0.3, 0.4) is 0 Å². The number of halogens is 1. The van der Waals surface area contributed by atoms with Crippen molar-refractivity contribution >= 4 is 35.0 Å². The molecule has 0 aromatic carbocycles. The van der Waals surface area contributed by atoms with E-state index >= 15 is 0 Å². The molecule has 1 fully saturated rings. The number of hydrogen-bond acceptors (Lipinski definition) is 3. The predicted molar refractivity (Wildman–Crippen MR) is 80.1 cm³/mol. The van der Waals surface area contributed by atoms with Crippen molar-refractivity contribution in [2.75, 3.05) is 20.1 Å². The molecule has 0 saturated carbocycles. The fourth-order valence-electron chi connectivity index (χ4n) is 2.87. The van der Waals surface area contributed by atoms with Gasteiger partial charge >= 0.3 is 0 Å². The highest BCUT2D eigenvalue weighted by atomic mass is 35.5. The molecule has 2 aromatic heterocycles. The number of H-pyrrole nitrogens is 1. The number of nitrogens with zero attached hydrogens (tertiary/aromatic N) is 3. The third kappa shape index (κ3) is 2.68. The van der Waals surface area contributed by atoms with Crippen molar-refractivity contribution in [2.45, 2.75) is 19.4 Å². The van der Waals surface area contributed by atoms with E-state index in [4.69, 9.17) is 23.8 Å². The number of rotatable bonds is 2. The first-order valence-electron chi connectivity index (χ1n) is 6.56. The average Bonchev–Trinajstić information content (AvgIpc) is 2.65. The van der Waals surface area contributed by atoms with Gasteiger partial charge in [0.2, 0.25) is 0 Å². The number of aromatic amines is 1. The van der Waals surface area contributed by atoms with Crippen LogP contribution in [0.25, 0.3) is 11.2 Å². The summed E-state index contributed by atoms with van der Waals surface area (Å²) in [6.45, 7) is 3.25. The Morgan fingerprint density at radius 2 is 2.42 bits per heavy atom. The van der Waals surface area contributed by atoms with Gasteiger partial charge in [-0.3, -0.25) is 0 Å². The monoisotopic (exact) mass is 296 g/mol. The first-order chi connectivity index (χ1) is 9.13. The summed E-state index contributed by atoms with van der Waals surface area (Å²) < 4.78 is 2.84. The molecule has 0 amide bonds. The lowest BCUT2D eigenvalue weighted by Gasteiger charge is -2.29. The van der Waals surface area contributed by atoms with Gasteiger partial charge in [-0.2, -0.15) is 0 Å². The van der Waals surface area contributed by atoms with Crippen LogP contribution in [0.5, 0.6) is 0 Å². The number of piperidine rings is 1. The second-order valence-corrected chi connectivity index (χ2v) is 6.16. The second-order valence-electron chi connectivity index (χ2n) is 5.34. The minimum atomic E-state index is 0.633. The van der Waals surface area contributed by atoms with Crippen molar-refractivity contribution in [3.63, 3.8) is 0 Å². The quantitative estimate of drug-likeness (QED) is 0.865. The van der Waals surface area contributed by atoms with E-state index in [1.165, 1.54) is 19.4 Å². The molecule has 0 spiro atoms. The van der Waals surface area contributed by atoms with Gasteiger partial charge in [-0.15, -0.1) is 0 Å². The smallest absolute Gasteiger partial charge is 0.179 e. The highest BCUT2D eigenvalue weighted by Crippen LogP contribution is 2.21. The van der Waals surface area contributed by atoms with E-state index in [0.29, 0.717) is 10.9 Å². The van der Waals surface area contributed by atoms with Crippen LogP contribution < -0.4 is 0 Å². The van der Waals surface area contributed by atoms with Crippen molar-refractivity contribution in [2.24, 2.45) is 5.92 Å². The van der Waals surface area contributed by atoms with Crippen LogP contribution in [0, 0.1) is 10.7 Å². The largest absolute Gasteiger partial charge is 0.329 e. The van der Waals surface area contributed by atoms with Gasteiger partial charge in [0.05, 0.1) is 10.5 Å². The summed E-state index contributed by atoms with van der Waals surface area (Å²) in [4.78, 5) is 9.98. The Labute approximate surface area is 122 Å². The SMILES string of the molecule is CN1CCCC(Cn2c(=S)[nH]c3cc(Cl)cnc32)C1. The zero-order valence-electron chi connectivity index (χ0n) is 10.9. The topological polar surface area (TPSA) is 36.9 Å². The van der Waals surface area contributed by atoms with Gasteiger partial charge in [-0.1, -0.05) is 11.6 Å². The molecule has 1 aliphatic rings. The maximum absolute atomic E-state index is 5.96. The molecule has 1 unspecified atom stereocenters. The number of imidazole rings is 1. The van der Waals surface area contributed by atoms with Gasteiger partial charge in [-0.05, 0) is 50.6 Å². The summed E-state index contributed by atoms with van der Waals surface area (Å²) in [5.41, 5.74) is 1.82. The summed E-state index contributed by atoms with van der Waals surface area (Å²) in [5.74, 6) is 0.641. The molecule has 102 valence electrons. The number of likely N-dealkylation sites (tertiary alicyclic amines) is 1. The summed E-state index contributed by atoms with van der Waals surface area (Å²) in [7, 11) is 2.18. The van der Waals surface area contributed by atoms with E-state index in [0.717, 1.165) is 29.0 Å². The second kappa shape index (κ2) is 5.23. The molecular formula is C13H17ClN4S. The van der Waals surface area contributed by atoms with Crippen LogP contribution in [0.4, 0.5) is 0 Å². The number of fused-ring (bicyclic) bond motifs is 1. The van der Waals surface area contributed by atoms with Crippen molar-refractivity contribution in [3.8, 4) is 0 Å². The molecule has 0 aliphatic carbocycles. The van der Waals surface area contributed by atoms with Crippen molar-refractivity contribution in [3.05, 3.63) is 22.1 Å². The summed E-state index contributed by atoms with van der Waals surface area (Å²) >= 11 is 11.4.